The fourth-order valence-corrected chi connectivity index (χ4v) is 3.53. The van der Waals surface area contributed by atoms with Gasteiger partial charge in [-0.3, -0.25) is 24.2 Å². The van der Waals surface area contributed by atoms with Crippen molar-refractivity contribution in [3.05, 3.63) is 46.8 Å². The largest absolute Gasteiger partial charge is 0.510 e. The lowest BCUT2D eigenvalue weighted by Gasteiger charge is -2.46. The molecule has 0 unspecified atom stereocenters. The zero-order valence-corrected chi connectivity index (χ0v) is 16.5. The molecular formula is C19H19ClN2O6. The molecule has 0 saturated carbocycles. The Bertz CT molecular complexity index is 894. The summed E-state index contributed by atoms with van der Waals surface area (Å²) < 4.78 is 5.21. The van der Waals surface area contributed by atoms with Gasteiger partial charge in [-0.25, -0.2) is 4.79 Å². The van der Waals surface area contributed by atoms with Crippen molar-refractivity contribution >= 4 is 35.3 Å². The molecule has 0 aromatic heterocycles. The van der Waals surface area contributed by atoms with E-state index >= 15 is 0 Å². The number of carbonyl (C=O) groups excluding carboxylic acids is 4. The average molecular weight is 407 g/mol. The SMILES string of the molecule is CC(O)=C(C(=O)OC(C)(C)C)N1C(=O)[C@@H](N2C(=O)c3ccccc3C2=O)[C@@H]1Cl. The number of hydrogen-bond donors (Lipinski definition) is 1. The molecule has 0 aliphatic carbocycles. The van der Waals surface area contributed by atoms with Crippen molar-refractivity contribution < 1.29 is 29.0 Å². The number of β-lactam (4-membered cyclic amide) rings is 1. The number of likely N-dealkylation sites (tertiary alicyclic amines) is 1. The molecule has 1 aromatic carbocycles. The van der Waals surface area contributed by atoms with Gasteiger partial charge < -0.3 is 9.84 Å². The third-order valence-electron chi connectivity index (χ3n) is 4.28. The van der Waals surface area contributed by atoms with Crippen LogP contribution in [0.1, 0.15) is 48.4 Å². The molecule has 1 aromatic rings. The highest BCUT2D eigenvalue weighted by Gasteiger charge is 2.58. The molecule has 9 heteroatoms. The van der Waals surface area contributed by atoms with Gasteiger partial charge >= 0.3 is 5.97 Å². The van der Waals surface area contributed by atoms with Crippen LogP contribution in [0.15, 0.2) is 35.7 Å². The van der Waals surface area contributed by atoms with Crippen LogP contribution >= 0.6 is 11.6 Å². The van der Waals surface area contributed by atoms with Crippen molar-refractivity contribution in [1.82, 2.24) is 9.80 Å². The predicted octanol–water partition coefficient (Wildman–Crippen LogP) is 2.19. The maximum atomic E-state index is 12.8. The zero-order valence-electron chi connectivity index (χ0n) is 15.7. The average Bonchev–Trinajstić information content (AvgIpc) is 2.83. The summed E-state index contributed by atoms with van der Waals surface area (Å²) >= 11 is 6.29. The Morgan fingerprint density at radius 1 is 1.11 bits per heavy atom. The topological polar surface area (TPSA) is 104 Å². The number of allylic oxidation sites excluding steroid dienone is 1. The number of aliphatic hydroxyl groups excluding tert-OH is 1. The quantitative estimate of drug-likeness (QED) is 0.157. The molecule has 2 aliphatic rings. The van der Waals surface area contributed by atoms with Crippen LogP contribution in [0.2, 0.25) is 0 Å². The van der Waals surface area contributed by atoms with Gasteiger partial charge in [0.1, 0.15) is 16.9 Å². The van der Waals surface area contributed by atoms with Gasteiger partial charge in [-0.1, -0.05) is 23.7 Å². The number of halogens is 1. The highest BCUT2D eigenvalue weighted by atomic mass is 35.5. The van der Waals surface area contributed by atoms with Gasteiger partial charge in [-0.05, 0) is 39.8 Å². The van der Waals surface area contributed by atoms with Gasteiger partial charge in [0.15, 0.2) is 11.7 Å². The van der Waals surface area contributed by atoms with E-state index in [2.05, 4.69) is 0 Å². The molecule has 0 spiro atoms. The molecule has 2 aliphatic heterocycles. The third kappa shape index (κ3) is 3.03. The number of hydrogen-bond acceptors (Lipinski definition) is 6. The van der Waals surface area contributed by atoms with E-state index in [0.717, 1.165) is 9.80 Å². The summed E-state index contributed by atoms with van der Waals surface area (Å²) in [6, 6.07) is 4.91. The fourth-order valence-electron chi connectivity index (χ4n) is 3.12. The van der Waals surface area contributed by atoms with Crippen LogP contribution in [0.3, 0.4) is 0 Å². The van der Waals surface area contributed by atoms with E-state index in [4.69, 9.17) is 16.3 Å². The number of aliphatic hydroxyl groups is 1. The fraction of sp³-hybridized carbons (Fsp3) is 0.368. The first-order valence-electron chi connectivity index (χ1n) is 8.53. The van der Waals surface area contributed by atoms with Gasteiger partial charge in [-0.15, -0.1) is 0 Å². The van der Waals surface area contributed by atoms with E-state index in [1.165, 1.54) is 19.1 Å². The molecular weight excluding hydrogens is 388 g/mol. The molecule has 148 valence electrons. The molecule has 3 amide bonds. The van der Waals surface area contributed by atoms with Crippen LogP contribution in [0.4, 0.5) is 0 Å². The van der Waals surface area contributed by atoms with E-state index < -0.39 is 52.3 Å². The summed E-state index contributed by atoms with van der Waals surface area (Å²) in [6.45, 7) is 6.11. The molecule has 0 bridgehead atoms. The maximum Gasteiger partial charge on any atom is 0.359 e. The Labute approximate surface area is 166 Å². The molecule has 8 nitrogen and oxygen atoms in total. The zero-order chi connectivity index (χ0) is 21.0. The summed E-state index contributed by atoms with van der Waals surface area (Å²) in [7, 11) is 0. The van der Waals surface area contributed by atoms with Gasteiger partial charge in [0.05, 0.1) is 11.1 Å². The summed E-state index contributed by atoms with van der Waals surface area (Å²) in [5.74, 6) is -3.43. The molecule has 3 rings (SSSR count). The predicted molar refractivity (Wildman–Crippen MR) is 98.4 cm³/mol. The molecule has 0 radical (unpaired) electrons. The van der Waals surface area contributed by atoms with Crippen molar-refractivity contribution in [2.75, 3.05) is 0 Å². The van der Waals surface area contributed by atoms with Crippen LogP contribution in [0.25, 0.3) is 0 Å². The molecule has 2 atom stereocenters. The van der Waals surface area contributed by atoms with Gasteiger partial charge in [-0.2, -0.15) is 0 Å². The third-order valence-corrected chi connectivity index (χ3v) is 4.71. The van der Waals surface area contributed by atoms with E-state index in [0.29, 0.717) is 0 Å². The number of benzene rings is 1. The smallest absolute Gasteiger partial charge is 0.359 e. The standard InChI is InChI=1S/C19H19ClN2O6/c1-9(23)12(18(27)28-19(2,3)4)21-14(20)13(17(21)26)22-15(24)10-7-5-6-8-11(10)16(22)25/h5-8,13-14,23H,1-4H3/t13-,14+/m0/s1. The van der Waals surface area contributed by atoms with Crippen molar-refractivity contribution in [3.8, 4) is 0 Å². The number of esters is 1. The first kappa shape index (κ1) is 19.9. The maximum absolute atomic E-state index is 12.8. The van der Waals surface area contributed by atoms with Crippen molar-refractivity contribution in [2.24, 2.45) is 0 Å². The summed E-state index contributed by atoms with van der Waals surface area (Å²) in [4.78, 5) is 52.0. The Morgan fingerprint density at radius 2 is 1.61 bits per heavy atom. The monoisotopic (exact) mass is 406 g/mol. The van der Waals surface area contributed by atoms with E-state index in [9.17, 15) is 24.3 Å². The van der Waals surface area contributed by atoms with Crippen LogP contribution in [0.5, 0.6) is 0 Å². The van der Waals surface area contributed by atoms with Crippen LogP contribution in [0, 0.1) is 0 Å². The van der Waals surface area contributed by atoms with E-state index in [-0.39, 0.29) is 11.1 Å². The van der Waals surface area contributed by atoms with E-state index in [1.807, 2.05) is 0 Å². The molecule has 1 saturated heterocycles. The lowest BCUT2D eigenvalue weighted by Crippen LogP contribution is -2.69. The summed E-state index contributed by atoms with van der Waals surface area (Å²) in [5.41, 5.74) is -2.14. The number of nitrogens with zero attached hydrogens (tertiary/aromatic N) is 2. The highest BCUT2D eigenvalue weighted by molar-refractivity contribution is 6.30. The number of fused-ring (bicyclic) bond motifs is 1. The molecule has 28 heavy (non-hydrogen) atoms. The molecule has 2 heterocycles. The second-order valence-corrected chi connectivity index (χ2v) is 7.93. The number of ether oxygens (including phenoxy) is 1. The lowest BCUT2D eigenvalue weighted by molar-refractivity contribution is -0.160. The minimum atomic E-state index is -1.29. The number of rotatable bonds is 3. The van der Waals surface area contributed by atoms with E-state index in [1.54, 1.807) is 32.9 Å². The Morgan fingerprint density at radius 3 is 2.00 bits per heavy atom. The summed E-state index contributed by atoms with van der Waals surface area (Å²) in [5, 5.41) is 9.93. The lowest BCUT2D eigenvalue weighted by atomic mass is 10.0. The number of alkyl halides is 1. The van der Waals surface area contributed by atoms with Crippen molar-refractivity contribution in [2.45, 2.75) is 44.8 Å². The van der Waals surface area contributed by atoms with Gasteiger partial charge in [0.25, 0.3) is 17.7 Å². The first-order valence-corrected chi connectivity index (χ1v) is 8.96. The number of amides is 3. The van der Waals surface area contributed by atoms with Crippen LogP contribution in [-0.4, -0.2) is 55.7 Å². The van der Waals surface area contributed by atoms with Crippen molar-refractivity contribution in [1.29, 1.82) is 0 Å². The number of imide groups is 1. The normalized spacial score (nSPS) is 22.7. The van der Waals surface area contributed by atoms with Gasteiger partial charge in [0, 0.05) is 0 Å². The summed E-state index contributed by atoms with van der Waals surface area (Å²) in [6.07, 6.45) is 0. The number of carbonyl (C=O) groups is 4. The minimum absolute atomic E-state index is 0.184. The Kier molecular flexibility index (Phi) is 4.71. The highest BCUT2D eigenvalue weighted by Crippen LogP contribution is 2.37. The second-order valence-electron chi connectivity index (χ2n) is 7.49. The van der Waals surface area contributed by atoms with Crippen LogP contribution in [-0.2, 0) is 14.3 Å². The van der Waals surface area contributed by atoms with Crippen LogP contribution < -0.4 is 0 Å². The molecule has 1 fully saturated rings. The minimum Gasteiger partial charge on any atom is -0.510 e. The Hall–Kier alpha value is -2.87. The second kappa shape index (κ2) is 6.63. The molecule has 1 N–H and O–H groups in total. The Balaban J connectivity index is 1.88. The first-order chi connectivity index (χ1) is 13.0. The van der Waals surface area contributed by atoms with Gasteiger partial charge in [0.2, 0.25) is 0 Å². The van der Waals surface area contributed by atoms with Crippen molar-refractivity contribution in [3.63, 3.8) is 0 Å².